The Labute approximate surface area is 125 Å². The molecule has 1 amide bonds. The largest absolute Gasteiger partial charge is 0.479 e. The molecule has 1 unspecified atom stereocenters. The smallest absolute Gasteiger partial charge is 0.331 e. The summed E-state index contributed by atoms with van der Waals surface area (Å²) < 4.78 is 1.49. The first kappa shape index (κ1) is 15.0. The van der Waals surface area contributed by atoms with Crippen LogP contribution in [-0.4, -0.2) is 26.8 Å². The second-order valence-electron chi connectivity index (χ2n) is 4.53. The normalized spacial score (nSPS) is 12.5. The Morgan fingerprint density at radius 3 is 2.81 bits per heavy atom. The van der Waals surface area contributed by atoms with Crippen LogP contribution in [0.2, 0.25) is 0 Å². The highest BCUT2D eigenvalue weighted by atomic mass is 32.1. The highest BCUT2D eigenvalue weighted by Crippen LogP contribution is 2.17. The maximum Gasteiger partial charge on any atom is 0.331 e. The summed E-state index contributed by atoms with van der Waals surface area (Å²) in [5.41, 5.74) is 1.50. The number of carbonyl (C=O) groups is 2. The molecule has 0 aliphatic rings. The van der Waals surface area contributed by atoms with Gasteiger partial charge in [0.2, 0.25) is 5.91 Å². The van der Waals surface area contributed by atoms with Crippen LogP contribution in [0.25, 0.3) is 6.08 Å². The number of aliphatic carboxylic acids is 1. The molecule has 0 saturated heterocycles. The van der Waals surface area contributed by atoms with Crippen LogP contribution >= 0.6 is 11.3 Å². The highest BCUT2D eigenvalue weighted by molar-refractivity contribution is 7.11. The molecule has 110 valence electrons. The zero-order valence-electron chi connectivity index (χ0n) is 11.6. The monoisotopic (exact) mass is 305 g/mol. The number of nitrogens with one attached hydrogen (secondary N) is 1. The van der Waals surface area contributed by atoms with E-state index in [2.05, 4.69) is 10.4 Å². The summed E-state index contributed by atoms with van der Waals surface area (Å²) in [7, 11) is 1.68. The molecule has 0 spiro atoms. The van der Waals surface area contributed by atoms with Crippen molar-refractivity contribution in [2.24, 2.45) is 7.05 Å². The minimum Gasteiger partial charge on any atom is -0.479 e. The lowest BCUT2D eigenvalue weighted by Gasteiger charge is -2.10. The number of carbonyl (C=O) groups excluding carboxylic acids is 1. The maximum absolute atomic E-state index is 11.9. The van der Waals surface area contributed by atoms with Gasteiger partial charge < -0.3 is 10.4 Å². The first-order valence-corrected chi connectivity index (χ1v) is 7.09. The van der Waals surface area contributed by atoms with Gasteiger partial charge in [-0.1, -0.05) is 0 Å². The molecular formula is C14H15N3O3S. The average molecular weight is 305 g/mol. The summed E-state index contributed by atoms with van der Waals surface area (Å²) in [6.45, 7) is 1.95. The Morgan fingerprint density at radius 1 is 1.52 bits per heavy atom. The second kappa shape index (κ2) is 6.36. The van der Waals surface area contributed by atoms with E-state index in [1.165, 1.54) is 28.3 Å². The Morgan fingerprint density at radius 2 is 2.29 bits per heavy atom. The number of aryl methyl sites for hydroxylation is 2. The van der Waals surface area contributed by atoms with Crippen molar-refractivity contribution in [3.8, 4) is 0 Å². The van der Waals surface area contributed by atoms with Crippen molar-refractivity contribution in [3.05, 3.63) is 45.9 Å². The van der Waals surface area contributed by atoms with Gasteiger partial charge in [-0.25, -0.2) is 4.79 Å². The first-order valence-electron chi connectivity index (χ1n) is 6.21. The van der Waals surface area contributed by atoms with Crippen molar-refractivity contribution >= 4 is 29.3 Å². The van der Waals surface area contributed by atoms with Crippen LogP contribution in [0.4, 0.5) is 0 Å². The number of amides is 1. The molecule has 0 aromatic carbocycles. The molecule has 0 aliphatic carbocycles. The minimum atomic E-state index is -1.13. The van der Waals surface area contributed by atoms with Gasteiger partial charge >= 0.3 is 5.97 Å². The van der Waals surface area contributed by atoms with Gasteiger partial charge in [-0.2, -0.15) is 5.10 Å². The zero-order chi connectivity index (χ0) is 15.4. The summed E-state index contributed by atoms with van der Waals surface area (Å²) in [6.07, 6.45) is 6.00. The zero-order valence-corrected chi connectivity index (χ0v) is 12.4. The first-order chi connectivity index (χ1) is 9.97. The molecule has 0 fully saturated rings. The predicted molar refractivity (Wildman–Crippen MR) is 79.8 cm³/mol. The number of carboxylic acid groups (broad SMARTS) is 1. The number of nitrogens with zero attached hydrogens (tertiary/aromatic N) is 2. The number of thiophene rings is 1. The third-order valence-electron chi connectivity index (χ3n) is 2.88. The van der Waals surface area contributed by atoms with E-state index in [9.17, 15) is 14.7 Å². The fourth-order valence-corrected chi connectivity index (χ4v) is 2.59. The number of rotatable bonds is 5. The molecule has 0 aliphatic heterocycles. The van der Waals surface area contributed by atoms with E-state index in [1.807, 2.05) is 18.4 Å². The van der Waals surface area contributed by atoms with Crippen LogP contribution in [0.1, 0.15) is 22.0 Å². The standard InChI is InChI=1S/C14H15N3O3S/c1-9-5-6-21-11(9)3-4-12(18)16-13(14(19)20)10-7-15-17(2)8-10/h3-8,13H,1-2H3,(H,16,18)(H,19,20)/b4-3+. The Bertz CT molecular complexity index is 687. The lowest BCUT2D eigenvalue weighted by molar-refractivity contribution is -0.141. The van der Waals surface area contributed by atoms with E-state index in [1.54, 1.807) is 19.3 Å². The minimum absolute atomic E-state index is 0.430. The second-order valence-corrected chi connectivity index (χ2v) is 5.48. The third-order valence-corrected chi connectivity index (χ3v) is 3.86. The molecule has 6 nitrogen and oxygen atoms in total. The van der Waals surface area contributed by atoms with Gasteiger partial charge in [0.15, 0.2) is 6.04 Å². The lowest BCUT2D eigenvalue weighted by atomic mass is 10.1. The predicted octanol–water partition coefficient (Wildman–Crippen LogP) is 1.75. The molecule has 0 bridgehead atoms. The number of hydrogen-bond acceptors (Lipinski definition) is 4. The van der Waals surface area contributed by atoms with Crippen LogP contribution in [0.3, 0.4) is 0 Å². The quantitative estimate of drug-likeness (QED) is 0.824. The summed E-state index contributed by atoms with van der Waals surface area (Å²) in [4.78, 5) is 24.1. The Balaban J connectivity index is 2.07. The molecule has 2 N–H and O–H groups in total. The SMILES string of the molecule is Cc1ccsc1/C=C/C(=O)NC(C(=O)O)c1cnn(C)c1. The van der Waals surface area contributed by atoms with Crippen molar-refractivity contribution < 1.29 is 14.7 Å². The fraction of sp³-hybridized carbons (Fsp3) is 0.214. The molecule has 2 rings (SSSR count). The average Bonchev–Trinajstić information content (AvgIpc) is 3.02. The molecule has 2 aromatic rings. The highest BCUT2D eigenvalue weighted by Gasteiger charge is 2.22. The number of hydrogen-bond donors (Lipinski definition) is 2. The van der Waals surface area contributed by atoms with E-state index in [0.29, 0.717) is 5.56 Å². The number of aromatic nitrogens is 2. The summed E-state index contributed by atoms with van der Waals surface area (Å²) in [5, 5.41) is 17.5. The molecule has 1 atom stereocenters. The molecule has 2 heterocycles. The molecule has 0 radical (unpaired) electrons. The molecule has 21 heavy (non-hydrogen) atoms. The van der Waals surface area contributed by atoms with Crippen LogP contribution in [-0.2, 0) is 16.6 Å². The van der Waals surface area contributed by atoms with Crippen LogP contribution < -0.4 is 5.32 Å². The van der Waals surface area contributed by atoms with Gasteiger partial charge in [-0.05, 0) is 30.0 Å². The van der Waals surface area contributed by atoms with Gasteiger partial charge in [0, 0.05) is 29.8 Å². The molecule has 2 aromatic heterocycles. The van der Waals surface area contributed by atoms with Crippen LogP contribution in [0.5, 0.6) is 0 Å². The van der Waals surface area contributed by atoms with Crippen LogP contribution in [0, 0.1) is 6.92 Å². The van der Waals surface area contributed by atoms with E-state index in [4.69, 9.17) is 0 Å². The lowest BCUT2D eigenvalue weighted by Crippen LogP contribution is -2.32. The van der Waals surface area contributed by atoms with Crippen molar-refractivity contribution in [1.82, 2.24) is 15.1 Å². The molecule has 7 heteroatoms. The van der Waals surface area contributed by atoms with Crippen LogP contribution in [0.15, 0.2) is 29.9 Å². The number of carboxylic acids is 1. The van der Waals surface area contributed by atoms with Crippen molar-refractivity contribution in [3.63, 3.8) is 0 Å². The van der Waals surface area contributed by atoms with E-state index < -0.39 is 17.9 Å². The van der Waals surface area contributed by atoms with Crippen molar-refractivity contribution in [1.29, 1.82) is 0 Å². The topological polar surface area (TPSA) is 84.2 Å². The molecular weight excluding hydrogens is 290 g/mol. The molecule has 0 saturated carbocycles. The van der Waals surface area contributed by atoms with Gasteiger partial charge in [-0.3, -0.25) is 9.48 Å². The van der Waals surface area contributed by atoms with E-state index >= 15 is 0 Å². The van der Waals surface area contributed by atoms with Gasteiger partial charge in [-0.15, -0.1) is 11.3 Å². The van der Waals surface area contributed by atoms with Gasteiger partial charge in [0.1, 0.15) is 0 Å². The van der Waals surface area contributed by atoms with Crippen molar-refractivity contribution in [2.45, 2.75) is 13.0 Å². The van der Waals surface area contributed by atoms with Gasteiger partial charge in [0.05, 0.1) is 6.20 Å². The summed E-state index contributed by atoms with van der Waals surface area (Å²) in [5.74, 6) is -1.59. The third kappa shape index (κ3) is 3.79. The summed E-state index contributed by atoms with van der Waals surface area (Å²) in [6, 6.07) is 0.845. The van der Waals surface area contributed by atoms with E-state index in [0.717, 1.165) is 10.4 Å². The fourth-order valence-electron chi connectivity index (χ4n) is 1.77. The van der Waals surface area contributed by atoms with Gasteiger partial charge in [0.25, 0.3) is 0 Å². The van der Waals surface area contributed by atoms with Crippen molar-refractivity contribution in [2.75, 3.05) is 0 Å². The maximum atomic E-state index is 11.9. The Kier molecular flexibility index (Phi) is 4.54. The Hall–Kier alpha value is -2.41. The van der Waals surface area contributed by atoms with E-state index in [-0.39, 0.29) is 0 Å². The summed E-state index contributed by atoms with van der Waals surface area (Å²) >= 11 is 1.52.